The molecule has 3 aliphatic heterocycles. The lowest BCUT2D eigenvalue weighted by molar-refractivity contribution is -0.216. The molecule has 0 spiro atoms. The Labute approximate surface area is 325 Å². The summed E-state index contributed by atoms with van der Waals surface area (Å²) in [4.78, 5) is 93.6. The van der Waals surface area contributed by atoms with Crippen LogP contribution in [-0.2, 0) is 42.8 Å². The van der Waals surface area contributed by atoms with Crippen molar-refractivity contribution in [1.82, 2.24) is 20.2 Å². The quantitative estimate of drug-likeness (QED) is 0.147. The van der Waals surface area contributed by atoms with Crippen LogP contribution in [0.3, 0.4) is 0 Å². The lowest BCUT2D eigenvalue weighted by Gasteiger charge is -2.33. The first kappa shape index (κ1) is 40.6. The Kier molecular flexibility index (Phi) is 13.0. The maximum absolute atomic E-state index is 13.7. The number of rotatable bonds is 12. The molecule has 0 unspecified atom stereocenters. The fourth-order valence-corrected chi connectivity index (χ4v) is 6.82. The van der Waals surface area contributed by atoms with Crippen LogP contribution < -0.4 is 21.9 Å². The van der Waals surface area contributed by atoms with Crippen molar-refractivity contribution >= 4 is 29.7 Å². The number of aliphatic hydroxyl groups is 1. The van der Waals surface area contributed by atoms with Gasteiger partial charge >= 0.3 is 23.6 Å². The molecule has 0 saturated carbocycles. The Balaban J connectivity index is 1.30. The Morgan fingerprint density at radius 3 is 2.25 bits per heavy atom. The molecule has 302 valence electrons. The van der Waals surface area contributed by atoms with Crippen molar-refractivity contribution in [3.05, 3.63) is 117 Å². The number of benzene rings is 2. The van der Waals surface area contributed by atoms with Crippen LogP contribution in [0, 0.1) is 5.92 Å². The minimum absolute atomic E-state index is 0.0937. The van der Waals surface area contributed by atoms with Gasteiger partial charge in [-0.1, -0.05) is 36.4 Å². The normalized spacial score (nSPS) is 26.4. The fourth-order valence-electron chi connectivity index (χ4n) is 6.82. The number of hydrogen-bond donors (Lipinski definition) is 4. The van der Waals surface area contributed by atoms with E-state index in [0.29, 0.717) is 19.3 Å². The summed E-state index contributed by atoms with van der Waals surface area (Å²) < 4.78 is 35.8. The van der Waals surface area contributed by atoms with Crippen LogP contribution in [0.2, 0.25) is 0 Å². The van der Waals surface area contributed by atoms with Crippen molar-refractivity contribution in [3.8, 4) is 0 Å². The minimum atomic E-state index is -1.79. The van der Waals surface area contributed by atoms with Crippen molar-refractivity contribution in [3.63, 3.8) is 0 Å². The second-order valence-corrected chi connectivity index (χ2v) is 13.7. The monoisotopic (exact) mass is 790 g/mol. The van der Waals surface area contributed by atoms with Crippen LogP contribution in [0.5, 0.6) is 0 Å². The van der Waals surface area contributed by atoms with E-state index in [1.165, 1.54) is 30.3 Å². The van der Waals surface area contributed by atoms with Crippen LogP contribution in [-0.4, -0.2) is 101 Å². The number of methoxy groups -OCH3 is 1. The van der Waals surface area contributed by atoms with E-state index in [0.717, 1.165) is 23.9 Å². The summed E-state index contributed by atoms with van der Waals surface area (Å²) >= 11 is 0. The average Bonchev–Trinajstić information content (AvgIpc) is 3.47. The molecule has 18 heteroatoms. The van der Waals surface area contributed by atoms with Crippen LogP contribution in [0.25, 0.3) is 0 Å². The molecule has 0 radical (unpaired) electrons. The topological polar surface area (TPSA) is 240 Å². The van der Waals surface area contributed by atoms with Gasteiger partial charge in [-0.05, 0) is 50.5 Å². The maximum Gasteiger partial charge on any atom is 0.338 e. The van der Waals surface area contributed by atoms with Gasteiger partial charge in [-0.15, -0.1) is 0 Å². The highest BCUT2D eigenvalue weighted by Crippen LogP contribution is 2.39. The van der Waals surface area contributed by atoms with E-state index in [1.807, 2.05) is 6.92 Å². The third-order valence-electron chi connectivity index (χ3n) is 9.69. The van der Waals surface area contributed by atoms with Crippen molar-refractivity contribution in [2.24, 2.45) is 5.92 Å². The van der Waals surface area contributed by atoms with Crippen LogP contribution >= 0.6 is 0 Å². The molecule has 0 bridgehead atoms. The molecule has 2 aromatic carbocycles. The molecule has 4 heterocycles. The molecule has 2 amide bonds. The highest BCUT2D eigenvalue weighted by molar-refractivity contribution is 5.96. The number of aromatic amines is 1. The van der Waals surface area contributed by atoms with Gasteiger partial charge in [-0.3, -0.25) is 23.9 Å². The SMILES string of the molecule is COC(=O)[C@H](O[C@@H]1C[C@@H](OC(=O)c2ccccc2)C=C(C(=O)N[C@H]2CCC[C@@H](C)NC2=O)O1)[C@H]1O[C@@H](n2ccc(=O)[nH]c2=O)[C@H](OC(=O)c2ccccc2)[C@@H]1CO. The van der Waals surface area contributed by atoms with E-state index in [1.54, 1.807) is 36.4 Å². The number of nitrogens with zero attached hydrogens (tertiary/aromatic N) is 1. The standard InChI is InChI=1S/C39H42N4O14/c1-21-10-9-15-26(33(46)40-21)41-34(47)27-18-24(53-36(48)22-11-5-3-6-12-22)19-29(54-27)55-32(38(50)52-2)30-25(20-44)31(57-37(49)23-13-7-4-8-14-23)35(56-30)43-17-16-28(45)42-39(43)51/h3-8,11-14,16-18,21,24-26,29-32,35,44H,9-10,15,19-20H2,1-2H3,(H,40,46)(H,41,47)(H,42,45,51)/t21-,24+,25-,26+,29-,30+,31-,32-,35-/m1/s1. The largest absolute Gasteiger partial charge is 0.467 e. The molecule has 6 rings (SSSR count). The van der Waals surface area contributed by atoms with E-state index >= 15 is 0 Å². The predicted octanol–water partition coefficient (Wildman–Crippen LogP) is 0.856. The lowest BCUT2D eigenvalue weighted by Crippen LogP contribution is -2.49. The summed E-state index contributed by atoms with van der Waals surface area (Å²) in [6.45, 7) is 1.08. The summed E-state index contributed by atoms with van der Waals surface area (Å²) in [5.41, 5.74) is -1.33. The molecule has 3 aliphatic rings. The average molecular weight is 791 g/mol. The third-order valence-corrected chi connectivity index (χ3v) is 9.69. The van der Waals surface area contributed by atoms with Gasteiger partial charge in [0.25, 0.3) is 11.5 Å². The highest BCUT2D eigenvalue weighted by atomic mass is 16.7. The summed E-state index contributed by atoms with van der Waals surface area (Å²) in [6, 6.07) is 15.9. The van der Waals surface area contributed by atoms with Gasteiger partial charge in [0, 0.05) is 24.4 Å². The molecule has 2 fully saturated rings. The van der Waals surface area contributed by atoms with Gasteiger partial charge in [-0.25, -0.2) is 19.2 Å². The fraction of sp³-hybridized carbons (Fsp3) is 0.410. The highest BCUT2D eigenvalue weighted by Gasteiger charge is 2.54. The Bertz CT molecular complexity index is 2090. The number of aliphatic hydroxyl groups excluding tert-OH is 1. The number of ether oxygens (including phenoxy) is 6. The number of esters is 3. The van der Waals surface area contributed by atoms with Gasteiger partial charge < -0.3 is 44.2 Å². The van der Waals surface area contributed by atoms with Gasteiger partial charge in [0.2, 0.25) is 12.2 Å². The van der Waals surface area contributed by atoms with Crippen molar-refractivity contribution in [2.45, 2.75) is 81.6 Å². The Morgan fingerprint density at radius 1 is 0.947 bits per heavy atom. The number of carbonyl (C=O) groups excluding carboxylic acids is 5. The molecule has 9 atom stereocenters. The number of amides is 2. The second-order valence-electron chi connectivity index (χ2n) is 13.7. The van der Waals surface area contributed by atoms with Gasteiger partial charge in [0.1, 0.15) is 18.2 Å². The number of aromatic nitrogens is 2. The van der Waals surface area contributed by atoms with E-state index in [4.69, 9.17) is 28.4 Å². The van der Waals surface area contributed by atoms with E-state index in [-0.39, 0.29) is 35.3 Å². The summed E-state index contributed by atoms with van der Waals surface area (Å²) in [5.74, 6) is -5.51. The number of nitrogens with one attached hydrogen (secondary N) is 3. The first-order chi connectivity index (χ1) is 27.4. The van der Waals surface area contributed by atoms with Crippen LogP contribution in [0.1, 0.15) is 59.6 Å². The third kappa shape index (κ3) is 9.65. The predicted molar refractivity (Wildman–Crippen MR) is 195 cm³/mol. The molecule has 4 N–H and O–H groups in total. The maximum atomic E-state index is 13.7. The zero-order valence-electron chi connectivity index (χ0n) is 30.9. The zero-order valence-corrected chi connectivity index (χ0v) is 30.9. The minimum Gasteiger partial charge on any atom is -0.467 e. The van der Waals surface area contributed by atoms with Gasteiger partial charge in [0.05, 0.1) is 37.2 Å². The molecule has 57 heavy (non-hydrogen) atoms. The lowest BCUT2D eigenvalue weighted by atomic mass is 9.94. The second kappa shape index (κ2) is 18.2. The van der Waals surface area contributed by atoms with E-state index in [9.17, 15) is 38.7 Å². The molecule has 1 aromatic heterocycles. The number of H-pyrrole nitrogens is 1. The number of hydrogen-bond acceptors (Lipinski definition) is 14. The molecular formula is C39H42N4O14. The summed E-state index contributed by atoms with van der Waals surface area (Å²) in [6.07, 6.45) is -5.18. The molecule has 18 nitrogen and oxygen atoms in total. The number of carbonyl (C=O) groups is 5. The Morgan fingerprint density at radius 2 is 1.61 bits per heavy atom. The summed E-state index contributed by atoms with van der Waals surface area (Å²) in [5, 5.41) is 16.2. The van der Waals surface area contributed by atoms with Crippen LogP contribution in [0.15, 0.2) is 94.4 Å². The first-order valence-electron chi connectivity index (χ1n) is 18.3. The van der Waals surface area contributed by atoms with E-state index < -0.39 is 90.6 Å². The van der Waals surface area contributed by atoms with Crippen molar-refractivity contribution in [2.75, 3.05) is 13.7 Å². The van der Waals surface area contributed by atoms with Gasteiger partial charge in [0.15, 0.2) is 24.2 Å². The van der Waals surface area contributed by atoms with Crippen molar-refractivity contribution in [1.29, 1.82) is 0 Å². The molecule has 2 saturated heterocycles. The molecule has 0 aliphatic carbocycles. The van der Waals surface area contributed by atoms with E-state index in [2.05, 4.69) is 15.6 Å². The summed E-state index contributed by atoms with van der Waals surface area (Å²) in [7, 11) is 1.06. The zero-order chi connectivity index (χ0) is 40.6. The van der Waals surface area contributed by atoms with Crippen LogP contribution in [0.4, 0.5) is 0 Å². The molecular weight excluding hydrogens is 748 g/mol. The first-order valence-corrected chi connectivity index (χ1v) is 18.3. The molecule has 3 aromatic rings. The smallest absolute Gasteiger partial charge is 0.338 e. The van der Waals surface area contributed by atoms with Gasteiger partial charge in [-0.2, -0.15) is 0 Å². The van der Waals surface area contributed by atoms with Crippen molar-refractivity contribution < 1.29 is 57.5 Å². The Hall–Kier alpha value is -6.11.